The molecule has 0 amide bonds. The number of piperazine rings is 1. The number of nitrogens with zero attached hydrogens (tertiary/aromatic N) is 3. The van der Waals surface area contributed by atoms with Crippen molar-refractivity contribution in [2.45, 2.75) is 57.1 Å². The summed E-state index contributed by atoms with van der Waals surface area (Å²) in [5, 5.41) is 9.55. The molecule has 2 fully saturated rings. The standard InChI is InChI=1S/C21H32N4OS/c1-21(2,3)14-27-18-9-15-11-23-24(7-8-26-4)20(15)19(10-18)25-16-5-6-17(25)13-22-12-16/h9-11,16-17,22H,5-8,12-14H2,1-4H3. The number of hydrogen-bond acceptors (Lipinski definition) is 5. The van der Waals surface area contributed by atoms with E-state index in [-0.39, 0.29) is 0 Å². The van der Waals surface area contributed by atoms with E-state index in [4.69, 9.17) is 9.84 Å². The first kappa shape index (κ1) is 19.1. The molecule has 5 nitrogen and oxygen atoms in total. The fourth-order valence-corrected chi connectivity index (χ4v) is 5.29. The molecule has 2 atom stereocenters. The Bertz CT molecular complexity index is 781. The van der Waals surface area contributed by atoms with E-state index in [1.54, 1.807) is 7.11 Å². The summed E-state index contributed by atoms with van der Waals surface area (Å²) in [6.07, 6.45) is 4.59. The Hall–Kier alpha value is -1.24. The van der Waals surface area contributed by atoms with Crippen molar-refractivity contribution in [3.05, 3.63) is 18.3 Å². The van der Waals surface area contributed by atoms with Gasteiger partial charge in [0.05, 0.1) is 30.6 Å². The maximum Gasteiger partial charge on any atom is 0.0917 e. The van der Waals surface area contributed by atoms with Crippen molar-refractivity contribution >= 4 is 28.4 Å². The van der Waals surface area contributed by atoms with E-state index in [1.807, 2.05) is 18.0 Å². The van der Waals surface area contributed by atoms with Crippen LogP contribution in [0.2, 0.25) is 0 Å². The van der Waals surface area contributed by atoms with Crippen LogP contribution in [-0.2, 0) is 11.3 Å². The summed E-state index contributed by atoms with van der Waals surface area (Å²) in [6, 6.07) is 5.93. The molecule has 148 valence electrons. The van der Waals surface area contributed by atoms with Gasteiger partial charge in [0.1, 0.15) is 0 Å². The molecule has 2 aliphatic heterocycles. The zero-order valence-electron chi connectivity index (χ0n) is 17.0. The molecule has 1 aromatic heterocycles. The van der Waals surface area contributed by atoms with Gasteiger partial charge in [0, 0.05) is 48.3 Å². The fourth-order valence-electron chi connectivity index (χ4n) is 4.28. The monoisotopic (exact) mass is 388 g/mol. The van der Waals surface area contributed by atoms with Gasteiger partial charge >= 0.3 is 0 Å². The smallest absolute Gasteiger partial charge is 0.0917 e. The highest BCUT2D eigenvalue weighted by Crippen LogP contribution is 2.40. The zero-order chi connectivity index (χ0) is 19.0. The molecule has 27 heavy (non-hydrogen) atoms. The van der Waals surface area contributed by atoms with Crippen LogP contribution in [0.5, 0.6) is 0 Å². The molecular formula is C21H32N4OS. The molecule has 2 bridgehead atoms. The van der Waals surface area contributed by atoms with Gasteiger partial charge in [-0.2, -0.15) is 5.10 Å². The Labute approximate surface area is 166 Å². The predicted octanol–water partition coefficient (Wildman–Crippen LogP) is 3.76. The average molecular weight is 389 g/mol. The highest BCUT2D eigenvalue weighted by molar-refractivity contribution is 7.99. The number of ether oxygens (including phenoxy) is 1. The van der Waals surface area contributed by atoms with Gasteiger partial charge < -0.3 is 15.0 Å². The van der Waals surface area contributed by atoms with Crippen molar-refractivity contribution in [3.8, 4) is 0 Å². The van der Waals surface area contributed by atoms with Crippen LogP contribution in [0, 0.1) is 5.41 Å². The van der Waals surface area contributed by atoms with E-state index in [1.165, 1.54) is 34.3 Å². The number of thioether (sulfide) groups is 1. The van der Waals surface area contributed by atoms with Gasteiger partial charge in [-0.25, -0.2) is 0 Å². The lowest BCUT2D eigenvalue weighted by molar-refractivity contribution is 0.185. The third-order valence-corrected chi connectivity index (χ3v) is 7.10. The van der Waals surface area contributed by atoms with Crippen LogP contribution in [-0.4, -0.2) is 54.4 Å². The van der Waals surface area contributed by atoms with Gasteiger partial charge in [-0.05, 0) is 30.4 Å². The lowest BCUT2D eigenvalue weighted by Crippen LogP contribution is -2.52. The van der Waals surface area contributed by atoms with Crippen molar-refractivity contribution in [1.82, 2.24) is 15.1 Å². The maximum atomic E-state index is 5.32. The van der Waals surface area contributed by atoms with Crippen molar-refractivity contribution in [1.29, 1.82) is 0 Å². The molecule has 2 unspecified atom stereocenters. The molecule has 0 spiro atoms. The summed E-state index contributed by atoms with van der Waals surface area (Å²) < 4.78 is 7.45. The highest BCUT2D eigenvalue weighted by Gasteiger charge is 2.38. The van der Waals surface area contributed by atoms with Crippen molar-refractivity contribution in [2.24, 2.45) is 5.41 Å². The van der Waals surface area contributed by atoms with E-state index in [9.17, 15) is 0 Å². The van der Waals surface area contributed by atoms with Crippen molar-refractivity contribution in [3.63, 3.8) is 0 Å². The lowest BCUT2D eigenvalue weighted by Gasteiger charge is -2.38. The first-order chi connectivity index (χ1) is 13.0. The van der Waals surface area contributed by atoms with Crippen LogP contribution in [0.25, 0.3) is 10.9 Å². The third kappa shape index (κ3) is 3.98. The predicted molar refractivity (Wildman–Crippen MR) is 114 cm³/mol. The van der Waals surface area contributed by atoms with Crippen molar-refractivity contribution in [2.75, 3.05) is 37.5 Å². The summed E-state index contributed by atoms with van der Waals surface area (Å²) in [7, 11) is 1.75. The summed E-state index contributed by atoms with van der Waals surface area (Å²) >= 11 is 1.97. The third-order valence-electron chi connectivity index (χ3n) is 5.52. The fraction of sp³-hybridized carbons (Fsp3) is 0.667. The normalized spacial score (nSPS) is 22.7. The number of nitrogens with one attached hydrogen (secondary N) is 1. The molecule has 3 heterocycles. The van der Waals surface area contributed by atoms with E-state index >= 15 is 0 Å². The van der Waals surface area contributed by atoms with Crippen LogP contribution in [0.3, 0.4) is 0 Å². The SMILES string of the molecule is COCCn1ncc2cc(SCC(C)(C)C)cc(N3C4CCC3CNC4)c21. The summed E-state index contributed by atoms with van der Waals surface area (Å²) in [5.74, 6) is 1.12. The number of anilines is 1. The molecule has 2 aromatic rings. The second-order valence-corrected chi connectivity index (χ2v) is 10.1. The zero-order valence-corrected chi connectivity index (χ0v) is 17.8. The number of fused-ring (bicyclic) bond motifs is 3. The molecule has 1 aromatic carbocycles. The second-order valence-electron chi connectivity index (χ2n) is 9.04. The first-order valence-electron chi connectivity index (χ1n) is 10.1. The van der Waals surface area contributed by atoms with Gasteiger partial charge in [-0.15, -0.1) is 11.8 Å². The van der Waals surface area contributed by atoms with Gasteiger partial charge in [-0.1, -0.05) is 20.8 Å². The van der Waals surface area contributed by atoms with E-state index < -0.39 is 0 Å². The van der Waals surface area contributed by atoms with Crippen LogP contribution in [0.15, 0.2) is 23.2 Å². The Morgan fingerprint density at radius 3 is 2.63 bits per heavy atom. The molecular weight excluding hydrogens is 356 g/mol. The Kier molecular flexibility index (Phi) is 5.41. The maximum absolute atomic E-state index is 5.32. The Balaban J connectivity index is 1.76. The molecule has 6 heteroatoms. The molecule has 0 aliphatic carbocycles. The molecule has 1 N–H and O–H groups in total. The first-order valence-corrected chi connectivity index (χ1v) is 11.1. The van der Waals surface area contributed by atoms with E-state index in [2.05, 4.69) is 47.8 Å². The van der Waals surface area contributed by atoms with Gasteiger partial charge in [-0.3, -0.25) is 4.68 Å². The average Bonchev–Trinajstić information content (AvgIpc) is 3.14. The Morgan fingerprint density at radius 2 is 1.96 bits per heavy atom. The molecule has 4 rings (SSSR count). The largest absolute Gasteiger partial charge is 0.383 e. The molecule has 2 aliphatic rings. The molecule has 0 radical (unpaired) electrons. The van der Waals surface area contributed by atoms with E-state index in [0.29, 0.717) is 24.1 Å². The van der Waals surface area contributed by atoms with Crippen molar-refractivity contribution < 1.29 is 4.74 Å². The van der Waals surface area contributed by atoms with Gasteiger partial charge in [0.25, 0.3) is 0 Å². The van der Waals surface area contributed by atoms with Gasteiger partial charge in [0.2, 0.25) is 0 Å². The second kappa shape index (κ2) is 7.64. The van der Waals surface area contributed by atoms with Crippen LogP contribution in [0.1, 0.15) is 33.6 Å². The summed E-state index contributed by atoms with van der Waals surface area (Å²) in [4.78, 5) is 4.04. The number of hydrogen-bond donors (Lipinski definition) is 1. The number of methoxy groups -OCH3 is 1. The molecule has 2 saturated heterocycles. The summed E-state index contributed by atoms with van der Waals surface area (Å²) in [5.41, 5.74) is 2.95. The number of benzene rings is 1. The number of aromatic nitrogens is 2. The lowest BCUT2D eigenvalue weighted by atomic mass is 10.0. The number of rotatable bonds is 6. The van der Waals surface area contributed by atoms with Crippen LogP contribution >= 0.6 is 11.8 Å². The minimum absolute atomic E-state index is 0.316. The minimum atomic E-state index is 0.316. The van der Waals surface area contributed by atoms with Gasteiger partial charge in [0.15, 0.2) is 0 Å². The van der Waals surface area contributed by atoms with Crippen LogP contribution in [0.4, 0.5) is 5.69 Å². The van der Waals surface area contributed by atoms with E-state index in [0.717, 1.165) is 25.4 Å². The topological polar surface area (TPSA) is 42.3 Å². The Morgan fingerprint density at radius 1 is 1.22 bits per heavy atom. The highest BCUT2D eigenvalue weighted by atomic mass is 32.2. The minimum Gasteiger partial charge on any atom is -0.383 e. The quantitative estimate of drug-likeness (QED) is 0.763. The molecule has 0 saturated carbocycles. The summed E-state index contributed by atoms with van der Waals surface area (Å²) in [6.45, 7) is 10.6. The van der Waals surface area contributed by atoms with Crippen LogP contribution < -0.4 is 10.2 Å².